The van der Waals surface area contributed by atoms with Gasteiger partial charge in [-0.05, 0) is 43.2 Å². The number of hydrogen-bond donors (Lipinski definition) is 1. The Labute approximate surface area is 160 Å². The van der Waals surface area contributed by atoms with Crippen LogP contribution in [0.4, 0.5) is 0 Å². The second-order valence-electron chi connectivity index (χ2n) is 6.05. The zero-order chi connectivity index (χ0) is 19.6. The molecule has 2 rings (SSSR count). The molecule has 2 aromatic carbocycles. The van der Waals surface area contributed by atoms with Gasteiger partial charge in [-0.1, -0.05) is 18.2 Å². The highest BCUT2D eigenvalue weighted by molar-refractivity contribution is 5.86. The highest BCUT2D eigenvalue weighted by Crippen LogP contribution is 2.30. The smallest absolute Gasteiger partial charge is 0.236 e. The predicted octanol–water partition coefficient (Wildman–Crippen LogP) is 3.63. The third kappa shape index (κ3) is 6.02. The number of hydrazone groups is 1. The SMILES string of the molecule is COc1cccc(/C=N\NC(C)=O)c1OCCCOc1cccc(C)c1C. The monoisotopic (exact) mass is 370 g/mol. The molecule has 6 heteroatoms. The van der Waals surface area contributed by atoms with Crippen molar-refractivity contribution in [3.63, 3.8) is 0 Å². The van der Waals surface area contributed by atoms with E-state index >= 15 is 0 Å². The van der Waals surface area contributed by atoms with E-state index in [1.807, 2.05) is 30.3 Å². The van der Waals surface area contributed by atoms with Gasteiger partial charge in [0.2, 0.25) is 5.91 Å². The van der Waals surface area contributed by atoms with Crippen LogP contribution < -0.4 is 19.6 Å². The zero-order valence-electron chi connectivity index (χ0n) is 16.2. The molecule has 0 unspecified atom stereocenters. The van der Waals surface area contributed by atoms with Crippen LogP contribution in [0.25, 0.3) is 0 Å². The molecule has 0 aliphatic heterocycles. The third-order valence-corrected chi connectivity index (χ3v) is 4.00. The van der Waals surface area contributed by atoms with Crippen molar-refractivity contribution in [2.45, 2.75) is 27.2 Å². The van der Waals surface area contributed by atoms with Crippen molar-refractivity contribution in [2.24, 2.45) is 5.10 Å². The number of rotatable bonds is 9. The fourth-order valence-electron chi connectivity index (χ4n) is 2.44. The standard InChI is InChI=1S/C21H26N2O4/c1-15-8-5-10-19(16(15)2)26-12-7-13-27-21-18(14-22-23-17(3)24)9-6-11-20(21)25-4/h5-6,8-11,14H,7,12-13H2,1-4H3,(H,23,24)/b22-14-. The van der Waals surface area contributed by atoms with E-state index in [-0.39, 0.29) is 5.91 Å². The van der Waals surface area contributed by atoms with E-state index in [4.69, 9.17) is 14.2 Å². The molecule has 0 heterocycles. The number of para-hydroxylation sites is 1. The fraction of sp³-hybridized carbons (Fsp3) is 0.333. The second-order valence-corrected chi connectivity index (χ2v) is 6.05. The normalized spacial score (nSPS) is 10.7. The quantitative estimate of drug-likeness (QED) is 0.416. The predicted molar refractivity (Wildman–Crippen MR) is 106 cm³/mol. The van der Waals surface area contributed by atoms with Gasteiger partial charge in [0.25, 0.3) is 0 Å². The first-order valence-electron chi connectivity index (χ1n) is 8.81. The first kappa shape index (κ1) is 20.3. The van der Waals surface area contributed by atoms with Crippen molar-refractivity contribution in [1.29, 1.82) is 0 Å². The molecule has 0 spiro atoms. The van der Waals surface area contributed by atoms with Crippen molar-refractivity contribution >= 4 is 12.1 Å². The summed E-state index contributed by atoms with van der Waals surface area (Å²) in [7, 11) is 1.58. The van der Waals surface area contributed by atoms with Crippen LogP contribution in [0.15, 0.2) is 41.5 Å². The first-order valence-corrected chi connectivity index (χ1v) is 8.81. The molecule has 27 heavy (non-hydrogen) atoms. The van der Waals surface area contributed by atoms with Crippen molar-refractivity contribution in [1.82, 2.24) is 5.43 Å². The average Bonchev–Trinajstić information content (AvgIpc) is 2.65. The Balaban J connectivity index is 1.93. The molecule has 0 radical (unpaired) electrons. The van der Waals surface area contributed by atoms with E-state index in [1.165, 1.54) is 18.7 Å². The minimum absolute atomic E-state index is 0.236. The van der Waals surface area contributed by atoms with Crippen LogP contribution in [-0.2, 0) is 4.79 Å². The summed E-state index contributed by atoms with van der Waals surface area (Å²) in [6, 6.07) is 11.5. The third-order valence-electron chi connectivity index (χ3n) is 4.00. The Hall–Kier alpha value is -3.02. The summed E-state index contributed by atoms with van der Waals surface area (Å²) in [5.74, 6) is 1.86. The van der Waals surface area contributed by atoms with Gasteiger partial charge in [-0.3, -0.25) is 4.79 Å². The average molecular weight is 370 g/mol. The molecule has 1 N–H and O–H groups in total. The van der Waals surface area contributed by atoms with Crippen LogP contribution in [-0.4, -0.2) is 32.4 Å². The summed E-state index contributed by atoms with van der Waals surface area (Å²) in [5, 5.41) is 3.89. The zero-order valence-corrected chi connectivity index (χ0v) is 16.2. The van der Waals surface area contributed by atoms with E-state index in [2.05, 4.69) is 30.4 Å². The Kier molecular flexibility index (Phi) is 7.67. The van der Waals surface area contributed by atoms with Gasteiger partial charge in [-0.15, -0.1) is 0 Å². The van der Waals surface area contributed by atoms with E-state index in [1.54, 1.807) is 7.11 Å². The van der Waals surface area contributed by atoms with Crippen molar-refractivity contribution in [3.05, 3.63) is 53.1 Å². The summed E-state index contributed by atoms with van der Waals surface area (Å²) in [6.45, 7) is 6.53. The number of ether oxygens (including phenoxy) is 3. The summed E-state index contributed by atoms with van der Waals surface area (Å²) in [6.07, 6.45) is 2.25. The molecule has 1 amide bonds. The molecular weight excluding hydrogens is 344 g/mol. The van der Waals surface area contributed by atoms with E-state index in [0.29, 0.717) is 31.1 Å². The van der Waals surface area contributed by atoms with Gasteiger partial charge in [-0.2, -0.15) is 5.10 Å². The maximum absolute atomic E-state index is 11.0. The number of carbonyl (C=O) groups is 1. The topological polar surface area (TPSA) is 69.2 Å². The maximum Gasteiger partial charge on any atom is 0.236 e. The van der Waals surface area contributed by atoms with Gasteiger partial charge in [0.1, 0.15) is 5.75 Å². The molecule has 0 aromatic heterocycles. The van der Waals surface area contributed by atoms with Crippen molar-refractivity contribution in [3.8, 4) is 17.2 Å². The lowest BCUT2D eigenvalue weighted by Crippen LogP contribution is -2.12. The van der Waals surface area contributed by atoms with Gasteiger partial charge < -0.3 is 14.2 Å². The molecular formula is C21H26N2O4. The van der Waals surface area contributed by atoms with Crippen LogP contribution in [0, 0.1) is 13.8 Å². The van der Waals surface area contributed by atoms with Gasteiger partial charge in [0.15, 0.2) is 11.5 Å². The molecule has 6 nitrogen and oxygen atoms in total. The number of benzene rings is 2. The lowest BCUT2D eigenvalue weighted by atomic mass is 10.1. The molecule has 0 aliphatic carbocycles. The van der Waals surface area contributed by atoms with Crippen LogP contribution in [0.1, 0.15) is 30.0 Å². The molecule has 2 aromatic rings. The van der Waals surface area contributed by atoms with Gasteiger partial charge in [-0.25, -0.2) is 5.43 Å². The maximum atomic E-state index is 11.0. The summed E-state index contributed by atoms with van der Waals surface area (Å²) in [5.41, 5.74) is 5.46. The lowest BCUT2D eigenvalue weighted by molar-refractivity contribution is -0.118. The first-order chi connectivity index (χ1) is 13.0. The van der Waals surface area contributed by atoms with Gasteiger partial charge in [0.05, 0.1) is 26.5 Å². The number of nitrogens with zero attached hydrogens (tertiary/aromatic N) is 1. The number of carbonyl (C=O) groups excluding carboxylic acids is 1. The Morgan fingerprint density at radius 1 is 1.07 bits per heavy atom. The lowest BCUT2D eigenvalue weighted by Gasteiger charge is -2.14. The largest absolute Gasteiger partial charge is 0.493 e. The van der Waals surface area contributed by atoms with E-state index in [0.717, 1.165) is 16.9 Å². The molecule has 0 bridgehead atoms. The number of aryl methyl sites for hydroxylation is 1. The minimum atomic E-state index is -0.236. The Morgan fingerprint density at radius 3 is 2.52 bits per heavy atom. The molecule has 0 saturated carbocycles. The Bertz CT molecular complexity index is 803. The van der Waals surface area contributed by atoms with Crippen LogP contribution >= 0.6 is 0 Å². The number of nitrogens with one attached hydrogen (secondary N) is 1. The molecule has 0 aliphatic rings. The highest BCUT2D eigenvalue weighted by atomic mass is 16.5. The van der Waals surface area contributed by atoms with Crippen LogP contribution in [0.5, 0.6) is 17.2 Å². The van der Waals surface area contributed by atoms with Crippen molar-refractivity contribution in [2.75, 3.05) is 20.3 Å². The molecule has 0 fully saturated rings. The van der Waals surface area contributed by atoms with Crippen LogP contribution in [0.2, 0.25) is 0 Å². The number of methoxy groups -OCH3 is 1. The summed E-state index contributed by atoms with van der Waals surface area (Å²) < 4.78 is 17.1. The summed E-state index contributed by atoms with van der Waals surface area (Å²) >= 11 is 0. The van der Waals surface area contributed by atoms with Gasteiger partial charge >= 0.3 is 0 Å². The Morgan fingerprint density at radius 2 is 1.78 bits per heavy atom. The summed E-state index contributed by atoms with van der Waals surface area (Å²) in [4.78, 5) is 11.0. The second kappa shape index (κ2) is 10.2. The molecule has 0 saturated heterocycles. The molecule has 144 valence electrons. The highest BCUT2D eigenvalue weighted by Gasteiger charge is 2.09. The van der Waals surface area contributed by atoms with E-state index < -0.39 is 0 Å². The minimum Gasteiger partial charge on any atom is -0.493 e. The number of hydrogen-bond acceptors (Lipinski definition) is 5. The fourth-order valence-corrected chi connectivity index (χ4v) is 2.44. The number of amides is 1. The van der Waals surface area contributed by atoms with E-state index in [9.17, 15) is 4.79 Å². The molecule has 0 atom stereocenters. The van der Waals surface area contributed by atoms with Gasteiger partial charge in [0, 0.05) is 18.9 Å². The van der Waals surface area contributed by atoms with Crippen molar-refractivity contribution < 1.29 is 19.0 Å². The van der Waals surface area contributed by atoms with Crippen LogP contribution in [0.3, 0.4) is 0 Å².